The van der Waals surface area contributed by atoms with Gasteiger partial charge in [0.2, 0.25) is 5.95 Å². The van der Waals surface area contributed by atoms with Crippen molar-refractivity contribution in [2.45, 2.75) is 64.2 Å². The summed E-state index contributed by atoms with van der Waals surface area (Å²) in [4.78, 5) is 8.90. The molecule has 3 N–H and O–H groups in total. The summed E-state index contributed by atoms with van der Waals surface area (Å²) in [5.74, 6) is 1.33. The largest absolute Gasteiger partial charge is 0.366 e. The van der Waals surface area contributed by atoms with Gasteiger partial charge in [-0.15, -0.1) is 5.10 Å². The third-order valence-electron chi connectivity index (χ3n) is 5.65. The summed E-state index contributed by atoms with van der Waals surface area (Å²) < 4.78 is 14.2. The van der Waals surface area contributed by atoms with Crippen LogP contribution in [0.4, 0.5) is 21.8 Å². The van der Waals surface area contributed by atoms with Gasteiger partial charge >= 0.3 is 0 Å². The van der Waals surface area contributed by atoms with Gasteiger partial charge in [-0.05, 0) is 63.1 Å². The lowest BCUT2D eigenvalue weighted by Crippen LogP contribution is -2.60. The van der Waals surface area contributed by atoms with Gasteiger partial charge in [0.05, 0.1) is 12.7 Å². The highest BCUT2D eigenvalue weighted by Gasteiger charge is 2.38. The Morgan fingerprint density at radius 2 is 2.00 bits per heavy atom. The van der Waals surface area contributed by atoms with Crippen molar-refractivity contribution < 1.29 is 4.39 Å². The van der Waals surface area contributed by atoms with Gasteiger partial charge in [-0.3, -0.25) is 0 Å². The number of benzene rings is 1. The molecular weight excluding hydrogens is 435 g/mol. The lowest BCUT2D eigenvalue weighted by molar-refractivity contribution is 0.170. The number of piperidine rings is 1. The van der Waals surface area contributed by atoms with Crippen molar-refractivity contribution >= 4 is 17.5 Å². The molecule has 1 aromatic carbocycles. The minimum absolute atomic E-state index is 0.0433. The van der Waals surface area contributed by atoms with Crippen LogP contribution in [0, 0.1) is 11.3 Å². The van der Waals surface area contributed by atoms with Crippen LogP contribution in [-0.2, 0) is 6.54 Å². The minimum Gasteiger partial charge on any atom is -0.366 e. The van der Waals surface area contributed by atoms with Crippen LogP contribution in [-0.4, -0.2) is 54.0 Å². The predicted octanol–water partition coefficient (Wildman–Crippen LogP) is 3.44. The molecule has 0 atom stereocenters. The third-order valence-corrected chi connectivity index (χ3v) is 5.65. The summed E-state index contributed by atoms with van der Waals surface area (Å²) >= 11 is 0. The average Bonchev–Trinajstić information content (AvgIpc) is 3.20. The van der Waals surface area contributed by atoms with Gasteiger partial charge in [-0.1, -0.05) is 12.1 Å². The van der Waals surface area contributed by atoms with Crippen LogP contribution in [0.5, 0.6) is 0 Å². The Balaban J connectivity index is 1.56. The van der Waals surface area contributed by atoms with E-state index in [-0.39, 0.29) is 23.7 Å². The molecule has 0 bridgehead atoms. The summed E-state index contributed by atoms with van der Waals surface area (Å²) in [6, 6.07) is 9.72. The number of alkyl halides is 1. The monoisotopic (exact) mass is 464 g/mol. The summed E-state index contributed by atoms with van der Waals surface area (Å²) in [5, 5.41) is 31.4. The first-order chi connectivity index (χ1) is 16.2. The molecule has 34 heavy (non-hydrogen) atoms. The van der Waals surface area contributed by atoms with Crippen molar-refractivity contribution in [3.63, 3.8) is 0 Å². The van der Waals surface area contributed by atoms with E-state index in [1.165, 1.54) is 10.9 Å². The molecule has 0 amide bonds. The Hall–Kier alpha value is -3.65. The molecule has 1 aliphatic rings. The molecule has 4 rings (SSSR count). The summed E-state index contributed by atoms with van der Waals surface area (Å²) in [6.45, 7) is 8.24. The van der Waals surface area contributed by atoms with Gasteiger partial charge in [0.25, 0.3) is 0 Å². The molecule has 2 aromatic heterocycles. The highest BCUT2D eigenvalue weighted by Crippen LogP contribution is 2.31. The SMILES string of the molecule is CC1(C)CC(Nc2nc(Nc3cccc(-c4nnnn4CCF)c3)ncc2C#N)CC(C)(C)N1. The molecule has 3 aromatic rings. The van der Waals surface area contributed by atoms with E-state index in [0.29, 0.717) is 28.8 Å². The quantitative estimate of drug-likeness (QED) is 0.481. The number of rotatable bonds is 7. The number of aromatic nitrogens is 6. The Bertz CT molecular complexity index is 1180. The fourth-order valence-electron chi connectivity index (χ4n) is 4.76. The average molecular weight is 465 g/mol. The first kappa shape index (κ1) is 23.5. The first-order valence-corrected chi connectivity index (χ1v) is 11.2. The van der Waals surface area contributed by atoms with E-state index in [4.69, 9.17) is 0 Å². The molecule has 0 unspecified atom stereocenters. The first-order valence-electron chi connectivity index (χ1n) is 11.2. The normalized spacial score (nSPS) is 17.2. The highest BCUT2D eigenvalue weighted by molar-refractivity contribution is 5.66. The van der Waals surface area contributed by atoms with Crippen LogP contribution in [0.2, 0.25) is 0 Å². The summed E-state index contributed by atoms with van der Waals surface area (Å²) in [6.07, 6.45) is 3.30. The molecule has 10 nitrogen and oxygen atoms in total. The van der Waals surface area contributed by atoms with Crippen LogP contribution in [0.15, 0.2) is 30.5 Å². The fraction of sp³-hybridized carbons (Fsp3) is 0.478. The van der Waals surface area contributed by atoms with Gasteiger partial charge in [-0.2, -0.15) is 10.2 Å². The minimum atomic E-state index is -0.559. The maximum atomic E-state index is 12.8. The second kappa shape index (κ2) is 9.30. The van der Waals surface area contributed by atoms with Crippen molar-refractivity contribution in [3.05, 3.63) is 36.0 Å². The lowest BCUT2D eigenvalue weighted by atomic mass is 9.79. The van der Waals surface area contributed by atoms with E-state index in [9.17, 15) is 9.65 Å². The molecule has 0 spiro atoms. The van der Waals surface area contributed by atoms with Gasteiger partial charge in [0, 0.05) is 28.4 Å². The number of anilines is 3. The number of nitriles is 1. The number of halogens is 1. The number of nitrogens with one attached hydrogen (secondary N) is 3. The van der Waals surface area contributed by atoms with E-state index < -0.39 is 6.67 Å². The second-order valence-corrected chi connectivity index (χ2v) is 9.83. The van der Waals surface area contributed by atoms with Crippen molar-refractivity contribution in [3.8, 4) is 17.5 Å². The number of hydrogen-bond acceptors (Lipinski definition) is 9. The van der Waals surface area contributed by atoms with Crippen LogP contribution in [0.3, 0.4) is 0 Å². The molecule has 0 radical (unpaired) electrons. The van der Waals surface area contributed by atoms with Crippen molar-refractivity contribution in [1.29, 1.82) is 5.26 Å². The maximum Gasteiger partial charge on any atom is 0.229 e. The van der Waals surface area contributed by atoms with Gasteiger partial charge < -0.3 is 16.0 Å². The zero-order valence-corrected chi connectivity index (χ0v) is 19.8. The lowest BCUT2D eigenvalue weighted by Gasteiger charge is -2.46. The standard InChI is InChI=1S/C23H29FN10/c1-22(2)11-18(12-23(3,4)31-22)27-19-16(13-25)14-26-21(29-19)28-17-7-5-6-15(10-17)20-30-32-33-34(20)9-8-24/h5-7,10,14,18,31H,8-9,11-12H2,1-4H3,(H2,26,27,28,29). The zero-order valence-electron chi connectivity index (χ0n) is 19.8. The smallest absolute Gasteiger partial charge is 0.229 e. The molecular formula is C23H29FN10. The summed E-state index contributed by atoms with van der Waals surface area (Å²) in [5.41, 5.74) is 1.75. The van der Waals surface area contributed by atoms with E-state index in [0.717, 1.165) is 18.4 Å². The van der Waals surface area contributed by atoms with Crippen molar-refractivity contribution in [2.75, 3.05) is 17.3 Å². The summed E-state index contributed by atoms with van der Waals surface area (Å²) in [7, 11) is 0. The Morgan fingerprint density at radius 1 is 1.24 bits per heavy atom. The molecule has 178 valence electrons. The highest BCUT2D eigenvalue weighted by atomic mass is 19.1. The van der Waals surface area contributed by atoms with Crippen LogP contribution in [0.25, 0.3) is 11.4 Å². The molecule has 11 heteroatoms. The Morgan fingerprint density at radius 3 is 2.71 bits per heavy atom. The topological polar surface area (TPSA) is 129 Å². The van der Waals surface area contributed by atoms with Crippen molar-refractivity contribution in [2.24, 2.45) is 0 Å². The van der Waals surface area contributed by atoms with Crippen LogP contribution in [0.1, 0.15) is 46.1 Å². The zero-order chi connectivity index (χ0) is 24.3. The van der Waals surface area contributed by atoms with Gasteiger partial charge in [-0.25, -0.2) is 14.1 Å². The number of tetrazole rings is 1. The van der Waals surface area contributed by atoms with Crippen LogP contribution < -0.4 is 16.0 Å². The van der Waals surface area contributed by atoms with Crippen LogP contribution >= 0.6 is 0 Å². The van der Waals surface area contributed by atoms with E-state index in [2.05, 4.69) is 75.2 Å². The Labute approximate surface area is 198 Å². The number of nitrogens with zero attached hydrogens (tertiary/aromatic N) is 7. The molecule has 3 heterocycles. The van der Waals surface area contributed by atoms with Crippen molar-refractivity contribution in [1.82, 2.24) is 35.5 Å². The third kappa shape index (κ3) is 5.46. The second-order valence-electron chi connectivity index (χ2n) is 9.83. The van der Waals surface area contributed by atoms with E-state index in [1.54, 1.807) is 0 Å². The Kier molecular flexibility index (Phi) is 6.43. The predicted molar refractivity (Wildman–Crippen MR) is 127 cm³/mol. The fourth-order valence-corrected chi connectivity index (χ4v) is 4.76. The molecule has 1 aliphatic heterocycles. The molecule has 0 saturated carbocycles. The van der Waals surface area contributed by atoms with E-state index in [1.807, 2.05) is 24.3 Å². The number of hydrogen-bond donors (Lipinski definition) is 3. The molecule has 1 saturated heterocycles. The number of aryl methyl sites for hydroxylation is 1. The van der Waals surface area contributed by atoms with Gasteiger partial charge in [0.1, 0.15) is 24.1 Å². The van der Waals surface area contributed by atoms with Gasteiger partial charge in [0.15, 0.2) is 5.82 Å². The molecule has 1 fully saturated rings. The van der Waals surface area contributed by atoms with E-state index >= 15 is 0 Å². The molecule has 0 aliphatic carbocycles. The maximum absolute atomic E-state index is 12.8.